The Balaban J connectivity index is 1.70. The third-order valence-electron chi connectivity index (χ3n) is 3.55. The van der Waals surface area contributed by atoms with Gasteiger partial charge >= 0.3 is 0 Å². The second kappa shape index (κ2) is 10.7. The van der Waals surface area contributed by atoms with Gasteiger partial charge in [-0.25, -0.2) is 0 Å². The molecule has 0 radical (unpaired) electrons. The molecule has 0 amide bonds. The van der Waals surface area contributed by atoms with Crippen molar-refractivity contribution < 1.29 is 28.5 Å². The first kappa shape index (κ1) is 19.3. The summed E-state index contributed by atoms with van der Waals surface area (Å²) in [5, 5.41) is 0. The third kappa shape index (κ3) is 6.40. The van der Waals surface area contributed by atoms with Crippen LogP contribution in [0.2, 0.25) is 0 Å². The highest BCUT2D eigenvalue weighted by molar-refractivity contribution is 5.91. The van der Waals surface area contributed by atoms with Crippen LogP contribution in [0.1, 0.15) is 38.5 Å². The molecule has 2 rings (SSSR count). The van der Waals surface area contributed by atoms with Crippen LogP contribution in [0.25, 0.3) is 0 Å². The van der Waals surface area contributed by atoms with Gasteiger partial charge in [-0.05, 0) is 18.6 Å². The number of ketones is 1. The Morgan fingerprint density at radius 1 is 1.08 bits per heavy atom. The van der Waals surface area contributed by atoms with Crippen molar-refractivity contribution >= 4 is 5.78 Å². The highest BCUT2D eigenvalue weighted by atomic mass is 16.7. The largest absolute Gasteiger partial charge is 0.491 e. The lowest BCUT2D eigenvalue weighted by molar-refractivity contribution is -0.119. The molecular weight excluding hydrogens is 324 g/mol. The van der Waals surface area contributed by atoms with Crippen LogP contribution in [-0.4, -0.2) is 38.8 Å². The number of para-hydroxylation sites is 1. The average Bonchev–Trinajstić information content (AvgIpc) is 3.11. The zero-order chi connectivity index (χ0) is 17.9. The molecule has 25 heavy (non-hydrogen) atoms. The van der Waals surface area contributed by atoms with E-state index in [1.807, 2.05) is 24.3 Å². The van der Waals surface area contributed by atoms with E-state index in [1.165, 1.54) is 13.2 Å². The molecule has 1 atom stereocenters. The van der Waals surface area contributed by atoms with Gasteiger partial charge in [0.15, 0.2) is 5.78 Å². The van der Waals surface area contributed by atoms with E-state index in [1.54, 1.807) is 0 Å². The van der Waals surface area contributed by atoms with Crippen molar-refractivity contribution in [2.45, 2.75) is 33.0 Å². The summed E-state index contributed by atoms with van der Waals surface area (Å²) >= 11 is 0. The fourth-order valence-electron chi connectivity index (χ4n) is 2.18. The van der Waals surface area contributed by atoms with Crippen molar-refractivity contribution in [1.29, 1.82) is 0 Å². The van der Waals surface area contributed by atoms with Gasteiger partial charge in [0, 0.05) is 13.5 Å². The van der Waals surface area contributed by atoms with Crippen LogP contribution in [-0.2, 0) is 23.7 Å². The quantitative estimate of drug-likeness (QED) is 0.539. The predicted octanol–water partition coefficient (Wildman–Crippen LogP) is 3.37. The van der Waals surface area contributed by atoms with Gasteiger partial charge in [-0.2, -0.15) is 0 Å². The SMILES string of the molecule is CCCCOCCOCCOc1ccccc1C1OC=C(C(C)=O)O1. The highest BCUT2D eigenvalue weighted by Crippen LogP contribution is 2.34. The van der Waals surface area contributed by atoms with Crippen molar-refractivity contribution in [2.24, 2.45) is 0 Å². The average molecular weight is 350 g/mol. The number of carbonyl (C=O) groups is 1. The van der Waals surface area contributed by atoms with Gasteiger partial charge in [-0.3, -0.25) is 4.79 Å². The van der Waals surface area contributed by atoms with Crippen molar-refractivity contribution in [3.8, 4) is 5.75 Å². The van der Waals surface area contributed by atoms with Gasteiger partial charge in [-0.15, -0.1) is 0 Å². The van der Waals surface area contributed by atoms with Crippen LogP contribution in [0.5, 0.6) is 5.75 Å². The zero-order valence-corrected chi connectivity index (χ0v) is 14.9. The molecule has 6 nitrogen and oxygen atoms in total. The molecule has 0 N–H and O–H groups in total. The van der Waals surface area contributed by atoms with Crippen molar-refractivity contribution in [1.82, 2.24) is 0 Å². The normalized spacial score (nSPS) is 16.1. The predicted molar refractivity (Wildman–Crippen MR) is 92.2 cm³/mol. The summed E-state index contributed by atoms with van der Waals surface area (Å²) in [6.07, 6.45) is 2.88. The zero-order valence-electron chi connectivity index (χ0n) is 14.9. The fourth-order valence-corrected chi connectivity index (χ4v) is 2.18. The van der Waals surface area contributed by atoms with Crippen LogP contribution in [0.3, 0.4) is 0 Å². The van der Waals surface area contributed by atoms with Crippen LogP contribution in [0.15, 0.2) is 36.3 Å². The molecule has 0 bridgehead atoms. The molecule has 0 aromatic heterocycles. The molecule has 0 saturated heterocycles. The van der Waals surface area contributed by atoms with Crippen molar-refractivity contribution in [3.63, 3.8) is 0 Å². The number of rotatable bonds is 12. The first-order valence-electron chi connectivity index (χ1n) is 8.62. The van der Waals surface area contributed by atoms with Crippen LogP contribution in [0.4, 0.5) is 0 Å². The van der Waals surface area contributed by atoms with E-state index in [0.717, 1.165) is 25.0 Å². The van der Waals surface area contributed by atoms with Gasteiger partial charge in [0.25, 0.3) is 6.29 Å². The van der Waals surface area contributed by atoms with Crippen LogP contribution < -0.4 is 4.74 Å². The summed E-state index contributed by atoms with van der Waals surface area (Å²) in [5.41, 5.74) is 0.734. The number of hydrogen-bond acceptors (Lipinski definition) is 6. The summed E-state index contributed by atoms with van der Waals surface area (Å²) in [6, 6.07) is 7.42. The van der Waals surface area contributed by atoms with E-state index >= 15 is 0 Å². The Labute approximate surface area is 148 Å². The Kier molecular flexibility index (Phi) is 8.28. The van der Waals surface area contributed by atoms with Gasteiger partial charge < -0.3 is 23.7 Å². The molecule has 1 heterocycles. The molecular formula is C19H26O6. The molecule has 6 heteroatoms. The van der Waals surface area contributed by atoms with E-state index in [2.05, 4.69) is 6.92 Å². The van der Waals surface area contributed by atoms with Crippen molar-refractivity contribution in [3.05, 3.63) is 41.9 Å². The number of Topliss-reactive ketones (excluding diaryl/α,β-unsaturated/α-hetero) is 1. The third-order valence-corrected chi connectivity index (χ3v) is 3.55. The maximum absolute atomic E-state index is 11.3. The summed E-state index contributed by atoms with van der Waals surface area (Å²) in [6.45, 7) is 6.37. The number of hydrogen-bond donors (Lipinski definition) is 0. The number of ether oxygens (including phenoxy) is 5. The molecule has 1 aromatic rings. The van der Waals surface area contributed by atoms with E-state index in [9.17, 15) is 4.79 Å². The monoisotopic (exact) mass is 350 g/mol. The van der Waals surface area contributed by atoms with Crippen molar-refractivity contribution in [2.75, 3.05) is 33.0 Å². The van der Waals surface area contributed by atoms with E-state index in [0.29, 0.717) is 32.2 Å². The smallest absolute Gasteiger partial charge is 0.270 e. The standard InChI is InChI=1S/C19H26O6/c1-3-4-9-21-10-11-22-12-13-23-17-8-6-5-7-16(17)19-24-14-18(25-19)15(2)20/h5-8,14,19H,3-4,9-13H2,1-2H3. The van der Waals surface area contributed by atoms with Gasteiger partial charge in [0.2, 0.25) is 5.76 Å². The molecule has 0 saturated carbocycles. The summed E-state index contributed by atoms with van der Waals surface area (Å²) < 4.78 is 27.6. The van der Waals surface area contributed by atoms with E-state index in [-0.39, 0.29) is 11.5 Å². The fraction of sp³-hybridized carbons (Fsp3) is 0.526. The maximum Gasteiger partial charge on any atom is 0.270 e. The minimum Gasteiger partial charge on any atom is -0.491 e. The number of allylic oxidation sites excluding steroid dienone is 1. The highest BCUT2D eigenvalue weighted by Gasteiger charge is 2.26. The number of carbonyl (C=O) groups excluding carboxylic acids is 1. The summed E-state index contributed by atoms with van der Waals surface area (Å²) in [5.74, 6) is 0.690. The summed E-state index contributed by atoms with van der Waals surface area (Å²) in [7, 11) is 0. The second-order valence-electron chi connectivity index (χ2n) is 5.59. The molecule has 0 fully saturated rings. The second-order valence-corrected chi connectivity index (χ2v) is 5.59. The lowest BCUT2D eigenvalue weighted by Crippen LogP contribution is -2.12. The Morgan fingerprint density at radius 2 is 1.80 bits per heavy atom. The Morgan fingerprint density at radius 3 is 2.52 bits per heavy atom. The molecule has 0 aliphatic carbocycles. The van der Waals surface area contributed by atoms with Crippen LogP contribution in [0, 0.1) is 0 Å². The van der Waals surface area contributed by atoms with Crippen LogP contribution >= 0.6 is 0 Å². The first-order valence-corrected chi connectivity index (χ1v) is 8.62. The van der Waals surface area contributed by atoms with E-state index in [4.69, 9.17) is 23.7 Å². The number of unbranched alkanes of at least 4 members (excludes halogenated alkanes) is 1. The molecule has 138 valence electrons. The molecule has 1 aliphatic rings. The Bertz CT molecular complexity index is 569. The number of benzene rings is 1. The Hall–Kier alpha value is -2.05. The topological polar surface area (TPSA) is 63.2 Å². The first-order chi connectivity index (χ1) is 12.2. The lowest BCUT2D eigenvalue weighted by atomic mass is 10.2. The minimum absolute atomic E-state index is 0.171. The minimum atomic E-state index is -0.664. The van der Waals surface area contributed by atoms with Gasteiger partial charge in [-0.1, -0.05) is 25.5 Å². The van der Waals surface area contributed by atoms with Gasteiger partial charge in [0.1, 0.15) is 18.6 Å². The maximum atomic E-state index is 11.3. The molecule has 1 aliphatic heterocycles. The summed E-state index contributed by atoms with van der Waals surface area (Å²) in [4.78, 5) is 11.3. The molecule has 0 spiro atoms. The molecule has 1 aromatic carbocycles. The van der Waals surface area contributed by atoms with E-state index < -0.39 is 6.29 Å². The lowest BCUT2D eigenvalue weighted by Gasteiger charge is -2.16. The molecule has 1 unspecified atom stereocenters. The van der Waals surface area contributed by atoms with Gasteiger partial charge in [0.05, 0.1) is 25.4 Å².